The molecular formula is C20H20N6O2S. The van der Waals surface area contributed by atoms with E-state index in [9.17, 15) is 9.59 Å². The molecule has 0 radical (unpaired) electrons. The van der Waals surface area contributed by atoms with E-state index >= 15 is 0 Å². The van der Waals surface area contributed by atoms with Gasteiger partial charge in [-0.2, -0.15) is 10.4 Å². The average molecular weight is 408 g/mol. The smallest absolute Gasteiger partial charge is 0.257 e. The van der Waals surface area contributed by atoms with Gasteiger partial charge in [-0.05, 0) is 30.9 Å². The summed E-state index contributed by atoms with van der Waals surface area (Å²) in [6.45, 7) is 2.09. The number of benzene rings is 1. The minimum Gasteiger partial charge on any atom is -0.348 e. The molecule has 2 heterocycles. The van der Waals surface area contributed by atoms with Crippen molar-refractivity contribution in [3.8, 4) is 12.0 Å². The van der Waals surface area contributed by atoms with Crippen molar-refractivity contribution in [2.45, 2.75) is 18.4 Å². The van der Waals surface area contributed by atoms with Gasteiger partial charge in [-0.15, -0.1) is 4.36 Å². The van der Waals surface area contributed by atoms with Crippen LogP contribution in [0.2, 0.25) is 0 Å². The second kappa shape index (κ2) is 8.67. The highest BCUT2D eigenvalue weighted by molar-refractivity contribution is 7.86. The summed E-state index contributed by atoms with van der Waals surface area (Å²) in [5.74, 6) is 0.314. The molecule has 3 aromatic rings. The number of nitrogens with zero attached hydrogens (tertiary/aromatic N) is 5. The molecule has 0 saturated heterocycles. The van der Waals surface area contributed by atoms with E-state index in [4.69, 9.17) is 5.26 Å². The zero-order chi connectivity index (χ0) is 21.0. The first kappa shape index (κ1) is 20.2. The van der Waals surface area contributed by atoms with Crippen molar-refractivity contribution < 1.29 is 4.79 Å². The number of nitrogens with one attached hydrogen (secondary N) is 1. The highest BCUT2D eigenvalue weighted by atomic mass is 32.2. The largest absolute Gasteiger partial charge is 0.348 e. The molecule has 0 bridgehead atoms. The minimum absolute atomic E-state index is 0.0661. The molecule has 8 nitrogen and oxygen atoms in total. The molecule has 1 N–H and O–H groups in total. The van der Waals surface area contributed by atoms with Crippen LogP contribution in [-0.2, 0) is 24.3 Å². The van der Waals surface area contributed by atoms with Crippen molar-refractivity contribution in [1.29, 1.82) is 5.26 Å². The fraction of sp³-hybridized carbons (Fsp3) is 0.200. The SMILES string of the molecule is Cc1cc(=O)c(C(=O)NCc2ccc(S(C)=NC#N)cc2)cn1-c1ccnn1C. The lowest BCUT2D eigenvalue weighted by atomic mass is 10.2. The maximum atomic E-state index is 12.6. The lowest BCUT2D eigenvalue weighted by Crippen LogP contribution is -2.29. The third-order valence-corrected chi connectivity index (χ3v) is 5.74. The molecule has 1 aromatic carbocycles. The quantitative estimate of drug-likeness (QED) is 0.653. The first-order valence-corrected chi connectivity index (χ1v) is 10.3. The average Bonchev–Trinajstić information content (AvgIpc) is 3.12. The van der Waals surface area contributed by atoms with Crippen molar-refractivity contribution in [1.82, 2.24) is 19.7 Å². The summed E-state index contributed by atoms with van der Waals surface area (Å²) in [5, 5.41) is 15.6. The van der Waals surface area contributed by atoms with Crippen molar-refractivity contribution in [2.75, 3.05) is 6.26 Å². The predicted molar refractivity (Wildman–Crippen MR) is 111 cm³/mol. The van der Waals surface area contributed by atoms with E-state index in [1.54, 1.807) is 41.7 Å². The molecule has 29 heavy (non-hydrogen) atoms. The second-order valence-electron chi connectivity index (χ2n) is 6.37. The molecule has 0 fully saturated rings. The van der Waals surface area contributed by atoms with Gasteiger partial charge in [0, 0.05) is 42.5 Å². The summed E-state index contributed by atoms with van der Waals surface area (Å²) in [6, 6.07) is 10.8. The van der Waals surface area contributed by atoms with Gasteiger partial charge in [0.15, 0.2) is 5.43 Å². The van der Waals surface area contributed by atoms with Gasteiger partial charge in [-0.3, -0.25) is 14.3 Å². The van der Waals surface area contributed by atoms with Gasteiger partial charge < -0.3 is 9.88 Å². The van der Waals surface area contributed by atoms with Crippen LogP contribution in [0, 0.1) is 18.4 Å². The Kier molecular flexibility index (Phi) is 6.04. The van der Waals surface area contributed by atoms with Crippen molar-refractivity contribution in [2.24, 2.45) is 11.4 Å². The number of hydrogen-bond acceptors (Lipinski definition) is 5. The first-order chi connectivity index (χ1) is 13.9. The Morgan fingerprint density at radius 1 is 1.31 bits per heavy atom. The second-order valence-corrected chi connectivity index (χ2v) is 7.98. The number of hydrogen-bond donors (Lipinski definition) is 1. The van der Waals surface area contributed by atoms with Crippen LogP contribution < -0.4 is 10.7 Å². The van der Waals surface area contributed by atoms with Crippen LogP contribution in [0.4, 0.5) is 0 Å². The number of aryl methyl sites for hydroxylation is 2. The molecule has 0 aliphatic rings. The Balaban J connectivity index is 1.78. The van der Waals surface area contributed by atoms with Gasteiger partial charge in [-0.25, -0.2) is 0 Å². The van der Waals surface area contributed by atoms with Crippen LogP contribution in [0.5, 0.6) is 0 Å². The molecule has 1 unspecified atom stereocenters. The number of nitriles is 1. The third kappa shape index (κ3) is 4.50. The van der Waals surface area contributed by atoms with Gasteiger partial charge in [-0.1, -0.05) is 22.8 Å². The Morgan fingerprint density at radius 3 is 2.66 bits per heavy atom. The Labute approximate surface area is 170 Å². The van der Waals surface area contributed by atoms with E-state index in [-0.39, 0.29) is 17.5 Å². The summed E-state index contributed by atoms with van der Waals surface area (Å²) >= 11 is 0. The van der Waals surface area contributed by atoms with Crippen LogP contribution in [0.25, 0.3) is 5.82 Å². The molecular weight excluding hydrogens is 388 g/mol. The van der Waals surface area contributed by atoms with Gasteiger partial charge in [0.2, 0.25) is 6.19 Å². The lowest BCUT2D eigenvalue weighted by molar-refractivity contribution is 0.0949. The maximum absolute atomic E-state index is 12.6. The number of amides is 1. The molecule has 0 aliphatic heterocycles. The fourth-order valence-corrected chi connectivity index (χ4v) is 3.61. The Hall–Kier alpha value is -3.51. The monoisotopic (exact) mass is 408 g/mol. The summed E-state index contributed by atoms with van der Waals surface area (Å²) in [6.07, 6.45) is 6.87. The Morgan fingerprint density at radius 2 is 2.03 bits per heavy atom. The topological polar surface area (TPSA) is 105 Å². The summed E-state index contributed by atoms with van der Waals surface area (Å²) in [5.41, 5.74) is 1.33. The molecule has 3 rings (SSSR count). The summed E-state index contributed by atoms with van der Waals surface area (Å²) < 4.78 is 7.24. The highest BCUT2D eigenvalue weighted by Gasteiger charge is 2.14. The molecule has 1 atom stereocenters. The summed E-state index contributed by atoms with van der Waals surface area (Å²) in [7, 11) is 1.31. The van der Waals surface area contributed by atoms with Gasteiger partial charge in [0.25, 0.3) is 5.91 Å². The fourth-order valence-electron chi connectivity index (χ4n) is 2.85. The van der Waals surface area contributed by atoms with E-state index in [0.717, 1.165) is 16.3 Å². The lowest BCUT2D eigenvalue weighted by Gasteiger charge is -2.13. The van der Waals surface area contributed by atoms with Gasteiger partial charge >= 0.3 is 0 Å². The standard InChI is InChI=1S/C20H20N6O2S/c1-14-10-18(27)17(12-26(14)19-8-9-23-25(19)2)20(28)22-11-15-4-6-16(7-5-15)29(3)24-13-21/h4-10,12H,11H2,1-3H3,(H,22,28). The van der Waals surface area contributed by atoms with Gasteiger partial charge in [0.05, 0.1) is 6.20 Å². The van der Waals surface area contributed by atoms with E-state index in [1.165, 1.54) is 6.07 Å². The molecule has 148 valence electrons. The van der Waals surface area contributed by atoms with E-state index in [0.29, 0.717) is 5.69 Å². The number of aromatic nitrogens is 3. The molecule has 1 amide bonds. The van der Waals surface area contributed by atoms with Crippen LogP contribution in [-0.4, -0.2) is 26.5 Å². The molecule has 0 spiro atoms. The van der Waals surface area contributed by atoms with Crippen LogP contribution in [0.1, 0.15) is 21.6 Å². The third-order valence-electron chi connectivity index (χ3n) is 4.43. The molecule has 9 heteroatoms. The predicted octanol–water partition coefficient (Wildman–Crippen LogP) is 2.08. The van der Waals surface area contributed by atoms with E-state index < -0.39 is 16.6 Å². The van der Waals surface area contributed by atoms with Crippen LogP contribution in [0.15, 0.2) is 62.8 Å². The highest BCUT2D eigenvalue weighted by Crippen LogP contribution is 2.11. The normalized spacial score (nSPS) is 11.8. The zero-order valence-corrected chi connectivity index (χ0v) is 17.1. The van der Waals surface area contributed by atoms with Crippen molar-refractivity contribution in [3.05, 3.63) is 75.8 Å². The van der Waals surface area contributed by atoms with Crippen molar-refractivity contribution >= 4 is 16.6 Å². The number of pyridine rings is 1. The zero-order valence-electron chi connectivity index (χ0n) is 16.3. The number of carbonyl (C=O) groups excluding carboxylic acids is 1. The van der Waals surface area contributed by atoms with Crippen molar-refractivity contribution in [3.63, 3.8) is 0 Å². The van der Waals surface area contributed by atoms with E-state index in [1.807, 2.05) is 36.7 Å². The molecule has 0 aliphatic carbocycles. The summed E-state index contributed by atoms with van der Waals surface area (Å²) in [4.78, 5) is 25.9. The van der Waals surface area contributed by atoms with Gasteiger partial charge in [0.1, 0.15) is 11.4 Å². The molecule has 2 aromatic heterocycles. The first-order valence-electron chi connectivity index (χ1n) is 8.75. The Bertz CT molecular complexity index is 1180. The number of rotatable bonds is 5. The van der Waals surface area contributed by atoms with Crippen LogP contribution >= 0.6 is 0 Å². The van der Waals surface area contributed by atoms with Crippen LogP contribution in [0.3, 0.4) is 0 Å². The maximum Gasteiger partial charge on any atom is 0.257 e. The molecule has 0 saturated carbocycles. The minimum atomic E-state index is -0.484. The van der Waals surface area contributed by atoms with E-state index in [2.05, 4.69) is 14.8 Å². The number of carbonyl (C=O) groups is 1.